The smallest absolute Gasteiger partial charge is 0.416 e. The molecule has 4 rings (SSSR count). The highest BCUT2D eigenvalue weighted by atomic mass is 32.2. The molecule has 0 saturated heterocycles. The molecule has 2 aromatic heterocycles. The van der Waals surface area contributed by atoms with Crippen LogP contribution in [0.3, 0.4) is 0 Å². The van der Waals surface area contributed by atoms with Gasteiger partial charge < -0.3 is 4.74 Å². The maximum atomic E-state index is 13.3. The highest BCUT2D eigenvalue weighted by Crippen LogP contribution is 2.38. The number of rotatable bonds is 6. The lowest BCUT2D eigenvalue weighted by Crippen LogP contribution is -2.07. The van der Waals surface area contributed by atoms with Crippen molar-refractivity contribution in [3.05, 3.63) is 78.0 Å². The van der Waals surface area contributed by atoms with Crippen LogP contribution in [-0.4, -0.2) is 20.4 Å². The Bertz CT molecular complexity index is 1160. The number of hydrogen-bond acceptors (Lipinski definition) is 4. The van der Waals surface area contributed by atoms with Crippen molar-refractivity contribution in [1.82, 2.24) is 14.6 Å². The molecule has 0 fully saturated rings. The molecule has 0 atom stereocenters. The fourth-order valence-corrected chi connectivity index (χ4v) is 3.76. The molecule has 0 bridgehead atoms. The predicted molar refractivity (Wildman–Crippen MR) is 111 cm³/mol. The lowest BCUT2D eigenvalue weighted by molar-refractivity contribution is -0.137. The summed E-state index contributed by atoms with van der Waals surface area (Å²) in [4.78, 5) is 0. The zero-order valence-electron chi connectivity index (χ0n) is 16.1. The first kappa shape index (κ1) is 20.3. The molecule has 30 heavy (non-hydrogen) atoms. The van der Waals surface area contributed by atoms with Gasteiger partial charge in [-0.2, -0.15) is 13.2 Å². The Balaban J connectivity index is 1.80. The van der Waals surface area contributed by atoms with Gasteiger partial charge in [-0.1, -0.05) is 49.0 Å². The van der Waals surface area contributed by atoms with Crippen LogP contribution in [0.4, 0.5) is 13.2 Å². The van der Waals surface area contributed by atoms with E-state index in [0.29, 0.717) is 11.3 Å². The summed E-state index contributed by atoms with van der Waals surface area (Å²) in [6.45, 7) is 2.16. The van der Waals surface area contributed by atoms with E-state index in [4.69, 9.17) is 4.74 Å². The molecule has 154 valence electrons. The van der Waals surface area contributed by atoms with E-state index >= 15 is 0 Å². The third-order valence-electron chi connectivity index (χ3n) is 4.51. The average Bonchev–Trinajstić information content (AvgIpc) is 3.23. The fourth-order valence-electron chi connectivity index (χ4n) is 3.10. The van der Waals surface area contributed by atoms with Crippen LogP contribution in [0, 0.1) is 0 Å². The van der Waals surface area contributed by atoms with Gasteiger partial charge in [0.2, 0.25) is 0 Å². The van der Waals surface area contributed by atoms with Gasteiger partial charge in [-0.25, -0.2) is 0 Å². The van der Waals surface area contributed by atoms with Crippen molar-refractivity contribution >= 4 is 17.3 Å². The molecule has 0 N–H and O–H groups in total. The van der Waals surface area contributed by atoms with Gasteiger partial charge in [0.05, 0.1) is 11.1 Å². The number of fused-ring (bicyclic) bond motifs is 1. The normalized spacial score (nSPS) is 11.7. The number of nitrogens with zero attached hydrogens (tertiary/aromatic N) is 3. The van der Waals surface area contributed by atoms with E-state index < -0.39 is 11.7 Å². The molecule has 0 spiro atoms. The van der Waals surface area contributed by atoms with E-state index in [1.54, 1.807) is 11.8 Å². The molecule has 0 aliphatic rings. The van der Waals surface area contributed by atoms with Gasteiger partial charge in [-0.3, -0.25) is 4.40 Å². The third-order valence-corrected chi connectivity index (χ3v) is 5.33. The quantitative estimate of drug-likeness (QED) is 0.347. The SMILES string of the molecule is CCSc1nnc(-c2ccc(C(F)(F)F)cc2OCc2ccccc2)c2cccn12. The van der Waals surface area contributed by atoms with Crippen molar-refractivity contribution in [1.29, 1.82) is 0 Å². The molecule has 8 heteroatoms. The van der Waals surface area contributed by atoms with Crippen LogP contribution >= 0.6 is 11.8 Å². The van der Waals surface area contributed by atoms with Crippen LogP contribution in [0.25, 0.3) is 16.8 Å². The van der Waals surface area contributed by atoms with Gasteiger partial charge in [-0.15, -0.1) is 10.2 Å². The summed E-state index contributed by atoms with van der Waals surface area (Å²) in [6, 6.07) is 16.5. The Morgan fingerprint density at radius 2 is 1.80 bits per heavy atom. The highest BCUT2D eigenvalue weighted by molar-refractivity contribution is 7.99. The molecule has 4 aromatic rings. The second-order valence-electron chi connectivity index (χ2n) is 6.51. The minimum atomic E-state index is -4.47. The van der Waals surface area contributed by atoms with Crippen LogP contribution in [0.2, 0.25) is 0 Å². The third kappa shape index (κ3) is 4.14. The number of alkyl halides is 3. The first-order chi connectivity index (χ1) is 14.5. The molecule has 0 aliphatic heterocycles. The van der Waals surface area contributed by atoms with Crippen molar-refractivity contribution in [3.8, 4) is 17.0 Å². The van der Waals surface area contributed by atoms with E-state index in [0.717, 1.165) is 34.1 Å². The van der Waals surface area contributed by atoms with Crippen molar-refractivity contribution in [2.24, 2.45) is 0 Å². The monoisotopic (exact) mass is 429 g/mol. The summed E-state index contributed by atoms with van der Waals surface area (Å²) in [5.74, 6) is 0.939. The lowest BCUT2D eigenvalue weighted by Gasteiger charge is -2.15. The van der Waals surface area contributed by atoms with Gasteiger partial charge in [0, 0.05) is 11.8 Å². The van der Waals surface area contributed by atoms with Crippen molar-refractivity contribution < 1.29 is 17.9 Å². The van der Waals surface area contributed by atoms with Crippen LogP contribution in [0.1, 0.15) is 18.1 Å². The standard InChI is InChI=1S/C22H18F3N3OS/c1-2-30-21-27-26-20(18-9-6-12-28(18)21)17-11-10-16(22(23,24)25)13-19(17)29-14-15-7-4-3-5-8-15/h3-13H,2,14H2,1H3. The Hall–Kier alpha value is -3.00. The van der Waals surface area contributed by atoms with Gasteiger partial charge in [0.25, 0.3) is 0 Å². The topological polar surface area (TPSA) is 39.4 Å². The van der Waals surface area contributed by atoms with Gasteiger partial charge in [0.15, 0.2) is 5.16 Å². The predicted octanol–water partition coefficient (Wildman–Crippen LogP) is 6.11. The van der Waals surface area contributed by atoms with Crippen LogP contribution in [-0.2, 0) is 12.8 Å². The summed E-state index contributed by atoms with van der Waals surface area (Å²) in [6.07, 6.45) is -2.61. The largest absolute Gasteiger partial charge is 0.488 e. The number of halogens is 3. The maximum Gasteiger partial charge on any atom is 0.416 e. The van der Waals surface area contributed by atoms with E-state index in [1.807, 2.05) is 60.0 Å². The first-order valence-electron chi connectivity index (χ1n) is 9.32. The zero-order valence-corrected chi connectivity index (χ0v) is 16.9. The van der Waals surface area contributed by atoms with Gasteiger partial charge in [-0.05, 0) is 41.6 Å². The molecule has 2 heterocycles. The molecule has 0 saturated carbocycles. The van der Waals surface area contributed by atoms with Crippen LogP contribution in [0.5, 0.6) is 5.75 Å². The molecule has 2 aromatic carbocycles. The Morgan fingerprint density at radius 1 is 1.00 bits per heavy atom. The number of thioether (sulfide) groups is 1. The van der Waals surface area contributed by atoms with E-state index in [-0.39, 0.29) is 12.4 Å². The Morgan fingerprint density at radius 3 is 2.53 bits per heavy atom. The molecule has 0 amide bonds. The minimum absolute atomic E-state index is 0.113. The summed E-state index contributed by atoms with van der Waals surface area (Å²) < 4.78 is 47.7. The van der Waals surface area contributed by atoms with Crippen molar-refractivity contribution in [2.75, 3.05) is 5.75 Å². The summed E-state index contributed by atoms with van der Waals surface area (Å²) in [7, 11) is 0. The molecular weight excluding hydrogens is 411 g/mol. The molecule has 0 radical (unpaired) electrons. The Kier molecular flexibility index (Phi) is 5.67. The molecule has 0 unspecified atom stereocenters. The lowest BCUT2D eigenvalue weighted by atomic mass is 10.1. The molecular formula is C22H18F3N3OS. The van der Waals surface area contributed by atoms with Gasteiger partial charge >= 0.3 is 6.18 Å². The van der Waals surface area contributed by atoms with E-state index in [1.165, 1.54) is 6.07 Å². The van der Waals surface area contributed by atoms with E-state index in [9.17, 15) is 13.2 Å². The van der Waals surface area contributed by atoms with E-state index in [2.05, 4.69) is 10.2 Å². The van der Waals surface area contributed by atoms with Crippen molar-refractivity contribution in [2.45, 2.75) is 24.9 Å². The number of benzene rings is 2. The minimum Gasteiger partial charge on any atom is -0.488 e. The molecule has 4 nitrogen and oxygen atoms in total. The number of aromatic nitrogens is 3. The Labute approximate surface area is 175 Å². The first-order valence-corrected chi connectivity index (χ1v) is 10.3. The van der Waals surface area contributed by atoms with Crippen LogP contribution in [0.15, 0.2) is 72.0 Å². The average molecular weight is 429 g/mol. The summed E-state index contributed by atoms with van der Waals surface area (Å²) in [5.41, 5.74) is 1.77. The second-order valence-corrected chi connectivity index (χ2v) is 7.74. The van der Waals surface area contributed by atoms with Gasteiger partial charge in [0.1, 0.15) is 18.1 Å². The molecule has 0 aliphatic carbocycles. The number of hydrogen-bond donors (Lipinski definition) is 0. The summed E-state index contributed by atoms with van der Waals surface area (Å²) in [5, 5.41) is 9.32. The summed E-state index contributed by atoms with van der Waals surface area (Å²) >= 11 is 1.54. The van der Waals surface area contributed by atoms with Crippen LogP contribution < -0.4 is 4.74 Å². The zero-order chi connectivity index (χ0) is 21.1. The van der Waals surface area contributed by atoms with Crippen molar-refractivity contribution in [3.63, 3.8) is 0 Å². The maximum absolute atomic E-state index is 13.3. The number of ether oxygens (including phenoxy) is 1. The second kappa shape index (κ2) is 8.39. The highest BCUT2D eigenvalue weighted by Gasteiger charge is 2.32. The fraction of sp³-hybridized carbons (Fsp3) is 0.182.